The molecule has 0 saturated carbocycles. The van der Waals surface area contributed by atoms with Crippen molar-refractivity contribution in [2.24, 2.45) is 7.05 Å². The van der Waals surface area contributed by atoms with Crippen LogP contribution in [0.4, 0.5) is 0 Å². The molecule has 0 aliphatic heterocycles. The van der Waals surface area contributed by atoms with E-state index in [1.54, 1.807) is 14.0 Å². The van der Waals surface area contributed by atoms with E-state index in [-0.39, 0.29) is 5.15 Å². The molecule has 0 bridgehead atoms. The lowest BCUT2D eigenvalue weighted by Crippen LogP contribution is -2.33. The third-order valence-corrected chi connectivity index (χ3v) is 4.27. The van der Waals surface area contributed by atoms with Crippen molar-refractivity contribution in [2.75, 3.05) is 0 Å². The standard InChI is InChI=1S/C10H8ClN7O2S/c1-4-5(11)14-9-12-3-13-18(9)8(4)21-10-15-6(19)7(20)16-17(10)2/h3H,1-2H3,(H,16,20). The van der Waals surface area contributed by atoms with Crippen LogP contribution in [0.25, 0.3) is 5.78 Å². The second kappa shape index (κ2) is 4.97. The molecule has 3 aromatic rings. The summed E-state index contributed by atoms with van der Waals surface area (Å²) in [4.78, 5) is 34.4. The molecule has 0 aliphatic carbocycles. The highest BCUT2D eigenvalue weighted by Gasteiger charge is 2.16. The van der Waals surface area contributed by atoms with Crippen molar-refractivity contribution in [3.05, 3.63) is 37.8 Å². The minimum Gasteiger partial charge on any atom is -0.265 e. The molecule has 3 rings (SSSR count). The number of nitrogens with one attached hydrogen (secondary N) is 1. The van der Waals surface area contributed by atoms with Crippen molar-refractivity contribution in [1.82, 2.24) is 34.3 Å². The van der Waals surface area contributed by atoms with E-state index >= 15 is 0 Å². The smallest absolute Gasteiger partial charge is 0.265 e. The van der Waals surface area contributed by atoms with Crippen molar-refractivity contribution in [1.29, 1.82) is 0 Å². The van der Waals surface area contributed by atoms with E-state index in [2.05, 4.69) is 25.1 Å². The molecular weight excluding hydrogens is 318 g/mol. The quantitative estimate of drug-likeness (QED) is 0.522. The third kappa shape index (κ3) is 2.32. The molecule has 9 nitrogen and oxygen atoms in total. The minimum absolute atomic E-state index is 0.285. The van der Waals surface area contributed by atoms with Crippen molar-refractivity contribution in [2.45, 2.75) is 17.1 Å². The number of halogens is 1. The number of rotatable bonds is 2. The van der Waals surface area contributed by atoms with Crippen LogP contribution in [-0.4, -0.2) is 34.3 Å². The van der Waals surface area contributed by atoms with Gasteiger partial charge in [0.15, 0.2) is 5.16 Å². The molecule has 108 valence electrons. The number of fused-ring (bicyclic) bond motifs is 1. The Morgan fingerprint density at radius 2 is 2.10 bits per heavy atom. The van der Waals surface area contributed by atoms with Crippen molar-refractivity contribution in [3.63, 3.8) is 0 Å². The van der Waals surface area contributed by atoms with Gasteiger partial charge < -0.3 is 0 Å². The Labute approximate surface area is 126 Å². The van der Waals surface area contributed by atoms with Crippen molar-refractivity contribution >= 4 is 29.1 Å². The summed E-state index contributed by atoms with van der Waals surface area (Å²) in [5, 5.41) is 7.62. The highest BCUT2D eigenvalue weighted by Crippen LogP contribution is 2.30. The normalized spacial score (nSPS) is 11.2. The lowest BCUT2D eigenvalue weighted by molar-refractivity contribution is 0.595. The third-order valence-electron chi connectivity index (χ3n) is 2.69. The molecule has 0 atom stereocenters. The molecule has 0 unspecified atom stereocenters. The van der Waals surface area contributed by atoms with Crippen LogP contribution < -0.4 is 11.1 Å². The first-order valence-corrected chi connectivity index (χ1v) is 6.88. The van der Waals surface area contributed by atoms with E-state index in [0.29, 0.717) is 21.5 Å². The van der Waals surface area contributed by atoms with E-state index in [1.165, 1.54) is 15.5 Å². The van der Waals surface area contributed by atoms with E-state index in [9.17, 15) is 9.59 Å². The van der Waals surface area contributed by atoms with Gasteiger partial charge in [-0.25, -0.2) is 0 Å². The predicted molar refractivity (Wildman–Crippen MR) is 74.8 cm³/mol. The van der Waals surface area contributed by atoms with Gasteiger partial charge >= 0.3 is 11.1 Å². The maximum absolute atomic E-state index is 11.4. The molecule has 0 amide bonds. The maximum Gasteiger partial charge on any atom is 0.339 e. The lowest BCUT2D eigenvalue weighted by atomic mass is 10.4. The number of H-pyrrole nitrogens is 1. The van der Waals surface area contributed by atoms with Crippen LogP contribution in [-0.2, 0) is 7.05 Å². The molecule has 3 heterocycles. The summed E-state index contributed by atoms with van der Waals surface area (Å²) in [6, 6.07) is 0. The van der Waals surface area contributed by atoms with Crippen LogP contribution in [0.15, 0.2) is 26.1 Å². The fourth-order valence-corrected chi connectivity index (χ4v) is 2.80. The Kier molecular flexibility index (Phi) is 3.26. The molecule has 1 N–H and O–H groups in total. The highest BCUT2D eigenvalue weighted by atomic mass is 35.5. The topological polar surface area (TPSA) is 111 Å². The van der Waals surface area contributed by atoms with Crippen LogP contribution >= 0.6 is 23.4 Å². The maximum atomic E-state index is 11.4. The van der Waals surface area contributed by atoms with Gasteiger partial charge in [0, 0.05) is 12.6 Å². The first-order chi connectivity index (χ1) is 9.97. The number of nitrogens with zero attached hydrogens (tertiary/aromatic N) is 6. The highest BCUT2D eigenvalue weighted by molar-refractivity contribution is 7.99. The number of aromatic amines is 1. The van der Waals surface area contributed by atoms with E-state index in [4.69, 9.17) is 11.6 Å². The summed E-state index contributed by atoms with van der Waals surface area (Å²) in [6.45, 7) is 1.77. The molecule has 0 spiro atoms. The molecule has 0 fully saturated rings. The number of hydrogen-bond donors (Lipinski definition) is 1. The average Bonchev–Trinajstić information content (AvgIpc) is 2.88. The molecule has 0 radical (unpaired) electrons. The van der Waals surface area contributed by atoms with Crippen LogP contribution in [0, 0.1) is 6.92 Å². The fraction of sp³-hybridized carbons (Fsp3) is 0.200. The Morgan fingerprint density at radius 3 is 2.86 bits per heavy atom. The van der Waals surface area contributed by atoms with E-state index < -0.39 is 11.1 Å². The lowest BCUT2D eigenvalue weighted by Gasteiger charge is -2.09. The predicted octanol–water partition coefficient (Wildman–Crippen LogP) is 0.0193. The summed E-state index contributed by atoms with van der Waals surface area (Å²) in [5.41, 5.74) is -0.972. The molecule has 3 aromatic heterocycles. The molecule has 0 saturated heterocycles. The summed E-state index contributed by atoms with van der Waals surface area (Å²) < 4.78 is 2.84. The molecule has 0 aromatic carbocycles. The summed E-state index contributed by atoms with van der Waals surface area (Å²) in [5.74, 6) is 0.336. The van der Waals surface area contributed by atoms with Gasteiger partial charge in [0.1, 0.15) is 16.5 Å². The average molecular weight is 326 g/mol. The van der Waals surface area contributed by atoms with Crippen LogP contribution in [0.2, 0.25) is 5.15 Å². The largest absolute Gasteiger partial charge is 0.339 e. The zero-order chi connectivity index (χ0) is 15.1. The Bertz CT molecular complexity index is 960. The van der Waals surface area contributed by atoms with Gasteiger partial charge in [0.05, 0.1) is 0 Å². The number of aromatic nitrogens is 7. The number of hydrogen-bond acceptors (Lipinski definition) is 7. The number of aryl methyl sites for hydroxylation is 1. The van der Waals surface area contributed by atoms with Crippen LogP contribution in [0.1, 0.15) is 5.56 Å². The van der Waals surface area contributed by atoms with Gasteiger partial charge in [-0.2, -0.15) is 24.6 Å². The van der Waals surface area contributed by atoms with Gasteiger partial charge in [-0.05, 0) is 18.7 Å². The fourth-order valence-electron chi connectivity index (χ4n) is 1.63. The van der Waals surface area contributed by atoms with Crippen LogP contribution in [0.3, 0.4) is 0 Å². The van der Waals surface area contributed by atoms with E-state index in [0.717, 1.165) is 11.8 Å². The first kappa shape index (κ1) is 13.8. The summed E-state index contributed by atoms with van der Waals surface area (Å²) in [6.07, 6.45) is 1.35. The Balaban J connectivity index is 2.20. The van der Waals surface area contributed by atoms with Crippen molar-refractivity contribution < 1.29 is 0 Å². The van der Waals surface area contributed by atoms with E-state index in [1.807, 2.05) is 0 Å². The zero-order valence-corrected chi connectivity index (χ0v) is 12.4. The molecular formula is C10H8ClN7O2S. The second-order valence-electron chi connectivity index (χ2n) is 4.11. The van der Waals surface area contributed by atoms with Gasteiger partial charge in [-0.15, -0.1) is 0 Å². The Morgan fingerprint density at radius 1 is 1.33 bits per heavy atom. The van der Waals surface area contributed by atoms with Gasteiger partial charge in [0.2, 0.25) is 0 Å². The van der Waals surface area contributed by atoms with Gasteiger partial charge in [-0.3, -0.25) is 19.4 Å². The first-order valence-electron chi connectivity index (χ1n) is 5.68. The monoisotopic (exact) mass is 325 g/mol. The minimum atomic E-state index is -0.858. The Hall–Kier alpha value is -2.20. The summed E-state index contributed by atoms with van der Waals surface area (Å²) in [7, 11) is 1.58. The second-order valence-corrected chi connectivity index (χ2v) is 5.42. The van der Waals surface area contributed by atoms with Crippen LogP contribution in [0.5, 0.6) is 0 Å². The molecule has 0 aliphatic rings. The molecule has 11 heteroatoms. The van der Waals surface area contributed by atoms with Crippen molar-refractivity contribution in [3.8, 4) is 0 Å². The van der Waals surface area contributed by atoms with Gasteiger partial charge in [0.25, 0.3) is 5.78 Å². The SMILES string of the molecule is Cc1c(Cl)nc2ncnn2c1Sc1nc(=O)c(=O)[nH]n1C. The van der Waals surface area contributed by atoms with Gasteiger partial charge in [-0.1, -0.05) is 11.6 Å². The zero-order valence-electron chi connectivity index (χ0n) is 10.9. The summed E-state index contributed by atoms with van der Waals surface area (Å²) >= 11 is 7.19. The molecule has 21 heavy (non-hydrogen) atoms.